The van der Waals surface area contributed by atoms with Crippen LogP contribution in [0.25, 0.3) is 10.8 Å². The van der Waals surface area contributed by atoms with Gasteiger partial charge in [-0.15, -0.1) is 0 Å². The lowest BCUT2D eigenvalue weighted by molar-refractivity contribution is -0.118. The summed E-state index contributed by atoms with van der Waals surface area (Å²) < 4.78 is 5.63. The average Bonchev–Trinajstić information content (AvgIpc) is 2.88. The number of amides is 2. The number of carbonyl (C=O) groups excluding carboxylic acids is 2. The van der Waals surface area contributed by atoms with E-state index < -0.39 is 0 Å². The van der Waals surface area contributed by atoms with Gasteiger partial charge >= 0.3 is 0 Å². The highest BCUT2D eigenvalue weighted by Crippen LogP contribution is 2.28. The Morgan fingerprint density at radius 2 is 1.50 bits per heavy atom. The standard InChI is InChI=1S/C31H32N2O3/c1-5-33(28-12-8-10-22-9-6-7-11-27(22)28)30(35)23-13-17-25(18-14-23)32-29(34)21-36-26-19-15-24(16-20-26)31(2,3)4/h6-20H,5,21H2,1-4H3,(H,32,34). The smallest absolute Gasteiger partial charge is 0.262 e. The molecule has 36 heavy (non-hydrogen) atoms. The molecule has 0 aliphatic heterocycles. The van der Waals surface area contributed by atoms with Crippen molar-refractivity contribution in [3.63, 3.8) is 0 Å². The lowest BCUT2D eigenvalue weighted by atomic mass is 9.87. The van der Waals surface area contributed by atoms with Crippen LogP contribution in [0.5, 0.6) is 5.75 Å². The second kappa shape index (κ2) is 10.6. The summed E-state index contributed by atoms with van der Waals surface area (Å²) in [5.41, 5.74) is 3.31. The Morgan fingerprint density at radius 1 is 0.833 bits per heavy atom. The number of benzene rings is 4. The molecule has 2 amide bonds. The normalized spacial score (nSPS) is 11.2. The van der Waals surface area contributed by atoms with Crippen LogP contribution in [0, 0.1) is 0 Å². The van der Waals surface area contributed by atoms with E-state index in [0.717, 1.165) is 16.5 Å². The number of nitrogens with one attached hydrogen (secondary N) is 1. The second-order valence-corrected chi connectivity index (χ2v) is 9.74. The molecule has 0 unspecified atom stereocenters. The molecule has 4 rings (SSSR count). The highest BCUT2D eigenvalue weighted by molar-refractivity contribution is 6.11. The minimum absolute atomic E-state index is 0.0620. The zero-order valence-electron chi connectivity index (χ0n) is 21.2. The SMILES string of the molecule is CCN(C(=O)c1ccc(NC(=O)COc2ccc(C(C)(C)C)cc2)cc1)c1cccc2ccccc12. The van der Waals surface area contributed by atoms with E-state index in [0.29, 0.717) is 23.5 Å². The van der Waals surface area contributed by atoms with Crippen LogP contribution in [-0.2, 0) is 10.2 Å². The Balaban J connectivity index is 1.38. The monoisotopic (exact) mass is 480 g/mol. The molecule has 0 bridgehead atoms. The van der Waals surface area contributed by atoms with Crippen LogP contribution in [0.2, 0.25) is 0 Å². The van der Waals surface area contributed by atoms with Crippen molar-refractivity contribution in [2.45, 2.75) is 33.1 Å². The van der Waals surface area contributed by atoms with Crippen molar-refractivity contribution < 1.29 is 14.3 Å². The fraction of sp³-hybridized carbons (Fsp3) is 0.226. The lowest BCUT2D eigenvalue weighted by Crippen LogP contribution is -2.30. The van der Waals surface area contributed by atoms with E-state index in [9.17, 15) is 9.59 Å². The van der Waals surface area contributed by atoms with Crippen molar-refractivity contribution >= 4 is 34.0 Å². The van der Waals surface area contributed by atoms with Crippen molar-refractivity contribution in [2.24, 2.45) is 0 Å². The van der Waals surface area contributed by atoms with Crippen LogP contribution in [0.1, 0.15) is 43.6 Å². The summed E-state index contributed by atoms with van der Waals surface area (Å²) in [6.07, 6.45) is 0. The minimum Gasteiger partial charge on any atom is -0.484 e. The lowest BCUT2D eigenvalue weighted by Gasteiger charge is -2.23. The van der Waals surface area contributed by atoms with Gasteiger partial charge in [0.05, 0.1) is 5.69 Å². The van der Waals surface area contributed by atoms with Crippen LogP contribution in [0.15, 0.2) is 91.0 Å². The molecule has 0 fully saturated rings. The van der Waals surface area contributed by atoms with E-state index in [1.165, 1.54) is 5.56 Å². The Labute approximate surface area is 212 Å². The van der Waals surface area contributed by atoms with Gasteiger partial charge in [0.2, 0.25) is 0 Å². The molecule has 0 aliphatic rings. The van der Waals surface area contributed by atoms with Crippen LogP contribution in [0.4, 0.5) is 11.4 Å². The van der Waals surface area contributed by atoms with Gasteiger partial charge in [-0.05, 0) is 65.8 Å². The third-order valence-electron chi connectivity index (χ3n) is 6.12. The highest BCUT2D eigenvalue weighted by Gasteiger charge is 2.18. The van der Waals surface area contributed by atoms with Gasteiger partial charge in [0.15, 0.2) is 6.61 Å². The average molecular weight is 481 g/mol. The van der Waals surface area contributed by atoms with E-state index >= 15 is 0 Å². The second-order valence-electron chi connectivity index (χ2n) is 9.74. The van der Waals surface area contributed by atoms with E-state index in [1.807, 2.05) is 73.7 Å². The van der Waals surface area contributed by atoms with Crippen molar-refractivity contribution in [2.75, 3.05) is 23.4 Å². The van der Waals surface area contributed by atoms with Gasteiger partial charge in [-0.2, -0.15) is 0 Å². The molecule has 5 heteroatoms. The number of rotatable bonds is 7. The van der Waals surface area contributed by atoms with E-state index in [-0.39, 0.29) is 23.8 Å². The summed E-state index contributed by atoms with van der Waals surface area (Å²) in [7, 11) is 0. The maximum absolute atomic E-state index is 13.3. The summed E-state index contributed by atoms with van der Waals surface area (Å²) in [5.74, 6) is 0.292. The van der Waals surface area contributed by atoms with Gasteiger partial charge in [0.25, 0.3) is 11.8 Å². The zero-order chi connectivity index (χ0) is 25.7. The summed E-state index contributed by atoms with van der Waals surface area (Å²) in [6.45, 7) is 8.86. The molecule has 5 nitrogen and oxygen atoms in total. The van der Waals surface area contributed by atoms with Gasteiger partial charge in [-0.25, -0.2) is 0 Å². The number of hydrogen-bond acceptors (Lipinski definition) is 3. The van der Waals surface area contributed by atoms with Gasteiger partial charge in [0.1, 0.15) is 5.75 Å². The molecule has 0 saturated heterocycles. The van der Waals surface area contributed by atoms with Crippen LogP contribution in [-0.4, -0.2) is 25.0 Å². The fourth-order valence-corrected chi connectivity index (χ4v) is 4.12. The first-order chi connectivity index (χ1) is 17.3. The van der Waals surface area contributed by atoms with Crippen LogP contribution in [0.3, 0.4) is 0 Å². The molecular weight excluding hydrogens is 448 g/mol. The number of anilines is 2. The molecule has 0 heterocycles. The topological polar surface area (TPSA) is 58.6 Å². The fourth-order valence-electron chi connectivity index (χ4n) is 4.12. The van der Waals surface area contributed by atoms with Gasteiger partial charge in [-0.3, -0.25) is 9.59 Å². The van der Waals surface area contributed by atoms with Crippen molar-refractivity contribution in [1.29, 1.82) is 0 Å². The highest BCUT2D eigenvalue weighted by atomic mass is 16.5. The number of carbonyl (C=O) groups is 2. The number of hydrogen-bond donors (Lipinski definition) is 1. The molecular formula is C31H32N2O3. The minimum atomic E-state index is -0.264. The molecule has 0 aromatic heterocycles. The first-order valence-electron chi connectivity index (χ1n) is 12.2. The largest absolute Gasteiger partial charge is 0.484 e. The molecule has 1 N–H and O–H groups in total. The summed E-state index contributed by atoms with van der Waals surface area (Å²) in [5, 5.41) is 4.95. The van der Waals surface area contributed by atoms with Gasteiger partial charge < -0.3 is 15.0 Å². The Kier molecular flexibility index (Phi) is 7.39. The predicted octanol–water partition coefficient (Wildman–Crippen LogP) is 6.82. The van der Waals surface area contributed by atoms with E-state index in [2.05, 4.69) is 26.1 Å². The molecule has 4 aromatic carbocycles. The third-order valence-corrected chi connectivity index (χ3v) is 6.12. The summed E-state index contributed by atoms with van der Waals surface area (Å²) >= 11 is 0. The van der Waals surface area contributed by atoms with Crippen molar-refractivity contribution in [3.8, 4) is 5.75 Å². The first kappa shape index (κ1) is 25.0. The maximum Gasteiger partial charge on any atom is 0.262 e. The quantitative estimate of drug-likeness (QED) is 0.316. The molecule has 0 aliphatic carbocycles. The number of fused-ring (bicyclic) bond motifs is 1. The van der Waals surface area contributed by atoms with E-state index in [1.54, 1.807) is 29.2 Å². The Bertz CT molecular complexity index is 1350. The van der Waals surface area contributed by atoms with E-state index in [4.69, 9.17) is 4.74 Å². The number of nitrogens with zero attached hydrogens (tertiary/aromatic N) is 1. The molecule has 4 aromatic rings. The molecule has 0 radical (unpaired) electrons. The Hall–Kier alpha value is -4.12. The van der Waals surface area contributed by atoms with Crippen molar-refractivity contribution in [3.05, 3.63) is 102 Å². The van der Waals surface area contributed by atoms with Crippen LogP contribution >= 0.6 is 0 Å². The summed E-state index contributed by atoms with van der Waals surface area (Å²) in [6, 6.07) is 28.7. The van der Waals surface area contributed by atoms with Crippen molar-refractivity contribution in [1.82, 2.24) is 0 Å². The summed E-state index contributed by atoms with van der Waals surface area (Å²) in [4.78, 5) is 27.5. The van der Waals surface area contributed by atoms with Gasteiger partial charge in [-0.1, -0.05) is 69.3 Å². The number of ether oxygens (including phenoxy) is 1. The zero-order valence-corrected chi connectivity index (χ0v) is 21.2. The third kappa shape index (κ3) is 5.74. The predicted molar refractivity (Wildman–Crippen MR) is 147 cm³/mol. The van der Waals surface area contributed by atoms with Crippen LogP contribution < -0.4 is 15.0 Å². The maximum atomic E-state index is 13.3. The van der Waals surface area contributed by atoms with Gasteiger partial charge in [0, 0.05) is 23.2 Å². The molecule has 0 saturated carbocycles. The molecule has 0 spiro atoms. The Morgan fingerprint density at radius 3 is 2.17 bits per heavy atom. The first-order valence-corrected chi connectivity index (χ1v) is 12.2. The molecule has 0 atom stereocenters. The molecule has 184 valence electrons.